The maximum absolute atomic E-state index is 11.7. The number of hydrogen-bond acceptors (Lipinski definition) is 5. The lowest BCUT2D eigenvalue weighted by Crippen LogP contribution is -2.48. The number of carbonyl (C=O) groups excluding carboxylic acids is 1. The summed E-state index contributed by atoms with van der Waals surface area (Å²) in [4.78, 5) is 17.9. The van der Waals surface area contributed by atoms with Gasteiger partial charge in [-0.1, -0.05) is 6.42 Å². The number of piperidine rings is 1. The van der Waals surface area contributed by atoms with Crippen LogP contribution in [0.25, 0.3) is 0 Å². The third-order valence-corrected chi connectivity index (χ3v) is 5.37. The van der Waals surface area contributed by atoms with Crippen LogP contribution in [-0.4, -0.2) is 67.7 Å². The number of likely N-dealkylation sites (tertiary alicyclic amines) is 1. The summed E-state index contributed by atoms with van der Waals surface area (Å²) in [6.07, 6.45) is 7.00. The van der Waals surface area contributed by atoms with Gasteiger partial charge in [-0.2, -0.15) is 0 Å². The topological polar surface area (TPSA) is 98.4 Å². The lowest BCUT2D eigenvalue weighted by Gasteiger charge is -2.32. The molecule has 2 saturated heterocycles. The number of nitrogens with one attached hydrogen (secondary N) is 1. The van der Waals surface area contributed by atoms with E-state index < -0.39 is 0 Å². The maximum Gasteiger partial charge on any atom is 0.409 e. The normalized spacial score (nSPS) is 25.9. The van der Waals surface area contributed by atoms with Crippen molar-refractivity contribution in [2.45, 2.75) is 69.8 Å². The van der Waals surface area contributed by atoms with Crippen molar-refractivity contribution < 1.29 is 19.0 Å². The van der Waals surface area contributed by atoms with Crippen molar-refractivity contribution in [1.29, 1.82) is 0 Å². The van der Waals surface area contributed by atoms with Crippen LogP contribution < -0.4 is 11.1 Å². The van der Waals surface area contributed by atoms with E-state index in [1.54, 1.807) is 4.90 Å². The van der Waals surface area contributed by atoms with Crippen molar-refractivity contribution in [2.75, 3.05) is 32.8 Å². The number of aliphatic imine (C=N–C) groups is 1. The zero-order valence-electron chi connectivity index (χ0n) is 16.2. The van der Waals surface area contributed by atoms with Gasteiger partial charge in [-0.15, -0.1) is 24.0 Å². The van der Waals surface area contributed by atoms with Gasteiger partial charge in [0.2, 0.25) is 0 Å². The Morgan fingerprint density at radius 1 is 1.30 bits per heavy atom. The Labute approximate surface area is 178 Å². The molecule has 0 radical (unpaired) electrons. The van der Waals surface area contributed by atoms with Crippen LogP contribution in [0.1, 0.15) is 51.9 Å². The first-order chi connectivity index (χ1) is 12.6. The lowest BCUT2D eigenvalue weighted by molar-refractivity contribution is -0.186. The quantitative estimate of drug-likeness (QED) is 0.352. The minimum atomic E-state index is -0.361. The molecular formula is C18H33IN4O4. The molecule has 0 aromatic rings. The number of rotatable bonds is 4. The SMILES string of the molecule is CCOC(=O)N1CCC(NC(N)=NCC2COC3(CCCCC3)O2)CC1.I. The zero-order valence-corrected chi connectivity index (χ0v) is 18.5. The Balaban J connectivity index is 0.00000261. The zero-order chi connectivity index (χ0) is 18.4. The molecule has 156 valence electrons. The molecular weight excluding hydrogens is 463 g/mol. The van der Waals surface area contributed by atoms with E-state index in [0.29, 0.717) is 38.8 Å². The maximum atomic E-state index is 11.7. The van der Waals surface area contributed by atoms with E-state index in [4.69, 9.17) is 19.9 Å². The molecule has 3 aliphatic rings. The van der Waals surface area contributed by atoms with Gasteiger partial charge in [0.05, 0.1) is 19.8 Å². The largest absolute Gasteiger partial charge is 0.450 e. The van der Waals surface area contributed by atoms with Crippen molar-refractivity contribution in [2.24, 2.45) is 10.7 Å². The molecule has 9 heteroatoms. The summed E-state index contributed by atoms with van der Waals surface area (Å²) >= 11 is 0. The third kappa shape index (κ3) is 6.35. The molecule has 3 rings (SSSR count). The number of halogens is 1. The Morgan fingerprint density at radius 2 is 2.00 bits per heavy atom. The standard InChI is InChI=1S/C18H32N4O4.HI/c1-2-24-17(23)22-10-6-14(7-11-22)21-16(19)20-12-15-13-25-18(26-15)8-4-3-5-9-18;/h14-15H,2-13H2,1H3,(H3,19,20,21);1H. The van der Waals surface area contributed by atoms with Gasteiger partial charge in [0.25, 0.3) is 0 Å². The van der Waals surface area contributed by atoms with E-state index in [0.717, 1.165) is 25.7 Å². The summed E-state index contributed by atoms with van der Waals surface area (Å²) in [5.74, 6) is 0.0772. The lowest BCUT2D eigenvalue weighted by atomic mass is 9.94. The van der Waals surface area contributed by atoms with Gasteiger partial charge in [-0.05, 0) is 32.6 Å². The Kier molecular flexibility index (Phi) is 8.87. The number of ether oxygens (including phenoxy) is 3. The molecule has 1 aliphatic carbocycles. The van der Waals surface area contributed by atoms with Crippen LogP contribution in [0.15, 0.2) is 4.99 Å². The summed E-state index contributed by atoms with van der Waals surface area (Å²) < 4.78 is 17.1. The predicted molar refractivity (Wildman–Crippen MR) is 113 cm³/mol. The van der Waals surface area contributed by atoms with E-state index in [1.165, 1.54) is 19.3 Å². The molecule has 2 aliphatic heterocycles. The fourth-order valence-electron chi connectivity index (χ4n) is 3.94. The molecule has 3 fully saturated rings. The van der Waals surface area contributed by atoms with Crippen LogP contribution in [0.3, 0.4) is 0 Å². The molecule has 8 nitrogen and oxygen atoms in total. The number of amides is 1. The summed E-state index contributed by atoms with van der Waals surface area (Å²) in [7, 11) is 0. The van der Waals surface area contributed by atoms with Crippen LogP contribution in [-0.2, 0) is 14.2 Å². The number of nitrogens with two attached hydrogens (primary N) is 1. The second kappa shape index (κ2) is 10.7. The molecule has 2 heterocycles. The number of nitrogens with zero attached hydrogens (tertiary/aromatic N) is 2. The molecule has 1 saturated carbocycles. The highest BCUT2D eigenvalue weighted by Crippen LogP contribution is 2.37. The van der Waals surface area contributed by atoms with E-state index in [9.17, 15) is 4.79 Å². The van der Waals surface area contributed by atoms with Crippen molar-refractivity contribution >= 4 is 36.0 Å². The van der Waals surface area contributed by atoms with Gasteiger partial charge >= 0.3 is 6.09 Å². The van der Waals surface area contributed by atoms with E-state index in [2.05, 4.69) is 10.3 Å². The Morgan fingerprint density at radius 3 is 2.67 bits per heavy atom. The fourth-order valence-corrected chi connectivity index (χ4v) is 3.94. The number of carbonyl (C=O) groups is 1. The van der Waals surface area contributed by atoms with Crippen molar-refractivity contribution in [1.82, 2.24) is 10.2 Å². The molecule has 1 amide bonds. The van der Waals surface area contributed by atoms with Gasteiger partial charge < -0.3 is 30.2 Å². The second-order valence-electron chi connectivity index (χ2n) is 7.35. The van der Waals surface area contributed by atoms with Gasteiger partial charge in [0, 0.05) is 32.0 Å². The number of guanidine groups is 1. The Hall–Kier alpha value is -0.810. The summed E-state index contributed by atoms with van der Waals surface area (Å²) in [5.41, 5.74) is 6.03. The van der Waals surface area contributed by atoms with E-state index in [1.807, 2.05) is 6.92 Å². The smallest absolute Gasteiger partial charge is 0.409 e. The highest BCUT2D eigenvalue weighted by atomic mass is 127. The van der Waals surface area contributed by atoms with Crippen LogP contribution >= 0.6 is 24.0 Å². The van der Waals surface area contributed by atoms with Gasteiger partial charge in [-0.3, -0.25) is 4.99 Å². The molecule has 1 unspecified atom stereocenters. The first-order valence-electron chi connectivity index (χ1n) is 9.90. The minimum Gasteiger partial charge on any atom is -0.450 e. The average molecular weight is 496 g/mol. The van der Waals surface area contributed by atoms with Crippen LogP contribution in [0.2, 0.25) is 0 Å². The molecule has 1 atom stereocenters. The van der Waals surface area contributed by atoms with Crippen molar-refractivity contribution in [3.8, 4) is 0 Å². The summed E-state index contributed by atoms with van der Waals surface area (Å²) in [6, 6.07) is 0.231. The first kappa shape index (κ1) is 22.5. The fraction of sp³-hybridized carbons (Fsp3) is 0.889. The third-order valence-electron chi connectivity index (χ3n) is 5.37. The molecule has 3 N–H and O–H groups in total. The monoisotopic (exact) mass is 496 g/mol. The minimum absolute atomic E-state index is 0. The van der Waals surface area contributed by atoms with Crippen molar-refractivity contribution in [3.05, 3.63) is 0 Å². The first-order valence-corrected chi connectivity index (χ1v) is 9.90. The number of hydrogen-bond donors (Lipinski definition) is 2. The molecule has 0 bridgehead atoms. The van der Waals surface area contributed by atoms with E-state index >= 15 is 0 Å². The highest BCUT2D eigenvalue weighted by molar-refractivity contribution is 14.0. The van der Waals surface area contributed by atoms with Crippen LogP contribution in [0.5, 0.6) is 0 Å². The van der Waals surface area contributed by atoms with Crippen molar-refractivity contribution in [3.63, 3.8) is 0 Å². The Bertz CT molecular complexity index is 506. The molecule has 1 spiro atoms. The highest BCUT2D eigenvalue weighted by Gasteiger charge is 2.42. The average Bonchev–Trinajstić information content (AvgIpc) is 3.04. The van der Waals surface area contributed by atoms with Gasteiger partial charge in [-0.25, -0.2) is 4.79 Å². The van der Waals surface area contributed by atoms with Gasteiger partial charge in [0.15, 0.2) is 11.7 Å². The molecule has 27 heavy (non-hydrogen) atoms. The van der Waals surface area contributed by atoms with E-state index in [-0.39, 0.29) is 48.0 Å². The van der Waals surface area contributed by atoms with Gasteiger partial charge in [0.1, 0.15) is 6.10 Å². The molecule has 0 aromatic carbocycles. The van der Waals surface area contributed by atoms with Crippen LogP contribution in [0, 0.1) is 0 Å². The second-order valence-corrected chi connectivity index (χ2v) is 7.35. The predicted octanol–water partition coefficient (Wildman–Crippen LogP) is 2.21. The summed E-state index contributed by atoms with van der Waals surface area (Å²) in [6.45, 7) is 4.68. The summed E-state index contributed by atoms with van der Waals surface area (Å²) in [5, 5.41) is 3.26. The molecule has 0 aromatic heterocycles. The van der Waals surface area contributed by atoms with Crippen LogP contribution in [0.4, 0.5) is 4.79 Å².